The monoisotopic (exact) mass is 319 g/mol. The number of nitrogens with zero attached hydrogens (tertiary/aromatic N) is 3. The molecule has 2 heterocycles. The second kappa shape index (κ2) is 6.10. The maximum atomic E-state index is 12.6. The van der Waals surface area contributed by atoms with Gasteiger partial charge in [-0.3, -0.25) is 4.79 Å². The standard InChI is InChI=1S/C16H18ClN3O2/c1-11-10-22-12(2)9-19(11)16(21)14-7-8-20(18-14)15-6-4-3-5-13(15)17/h3-8,11-12H,9-10H2,1-2H3/t11-,12+/m0/s1. The predicted octanol–water partition coefficient (Wildman–Crippen LogP) is 2.78. The maximum Gasteiger partial charge on any atom is 0.274 e. The van der Waals surface area contributed by atoms with Gasteiger partial charge in [0.1, 0.15) is 0 Å². The number of carbonyl (C=O) groups excluding carboxylic acids is 1. The minimum atomic E-state index is -0.0755. The lowest BCUT2D eigenvalue weighted by atomic mass is 10.2. The Labute approximate surface area is 134 Å². The average molecular weight is 320 g/mol. The molecule has 0 radical (unpaired) electrons. The van der Waals surface area contributed by atoms with E-state index in [1.54, 1.807) is 23.0 Å². The van der Waals surface area contributed by atoms with Gasteiger partial charge < -0.3 is 9.64 Å². The fraction of sp³-hybridized carbons (Fsp3) is 0.375. The van der Waals surface area contributed by atoms with Crippen molar-refractivity contribution < 1.29 is 9.53 Å². The van der Waals surface area contributed by atoms with E-state index in [0.29, 0.717) is 23.9 Å². The number of hydrogen-bond acceptors (Lipinski definition) is 3. The average Bonchev–Trinajstić information content (AvgIpc) is 2.99. The highest BCUT2D eigenvalue weighted by atomic mass is 35.5. The van der Waals surface area contributed by atoms with Gasteiger partial charge in [0.15, 0.2) is 5.69 Å². The molecule has 0 unspecified atom stereocenters. The molecule has 0 spiro atoms. The molecule has 0 saturated carbocycles. The molecule has 1 fully saturated rings. The fourth-order valence-electron chi connectivity index (χ4n) is 2.54. The summed E-state index contributed by atoms with van der Waals surface area (Å²) in [6.07, 6.45) is 1.80. The lowest BCUT2D eigenvalue weighted by Crippen LogP contribution is -2.50. The van der Waals surface area contributed by atoms with Gasteiger partial charge in [0, 0.05) is 12.7 Å². The predicted molar refractivity (Wildman–Crippen MR) is 84.5 cm³/mol. The quantitative estimate of drug-likeness (QED) is 0.855. The maximum absolute atomic E-state index is 12.6. The first kappa shape index (κ1) is 15.1. The van der Waals surface area contributed by atoms with Gasteiger partial charge >= 0.3 is 0 Å². The van der Waals surface area contributed by atoms with Gasteiger partial charge in [-0.1, -0.05) is 23.7 Å². The van der Waals surface area contributed by atoms with Gasteiger partial charge in [0.25, 0.3) is 5.91 Å². The van der Waals surface area contributed by atoms with Crippen LogP contribution in [0.25, 0.3) is 5.69 Å². The molecular weight excluding hydrogens is 302 g/mol. The number of halogens is 1. The summed E-state index contributed by atoms with van der Waals surface area (Å²) in [7, 11) is 0. The fourth-order valence-corrected chi connectivity index (χ4v) is 2.77. The third kappa shape index (κ3) is 2.87. The van der Waals surface area contributed by atoms with E-state index < -0.39 is 0 Å². The number of para-hydroxylation sites is 1. The van der Waals surface area contributed by atoms with E-state index in [-0.39, 0.29) is 18.1 Å². The van der Waals surface area contributed by atoms with E-state index in [4.69, 9.17) is 16.3 Å². The molecule has 116 valence electrons. The first-order chi connectivity index (χ1) is 10.6. The summed E-state index contributed by atoms with van der Waals surface area (Å²) in [6, 6.07) is 9.18. The van der Waals surface area contributed by atoms with Crippen molar-refractivity contribution in [2.24, 2.45) is 0 Å². The number of aromatic nitrogens is 2. The number of benzene rings is 1. The SMILES string of the molecule is C[C@@H]1CN(C(=O)c2ccn(-c3ccccc3Cl)n2)[C@@H](C)CO1. The summed E-state index contributed by atoms with van der Waals surface area (Å²) in [5.74, 6) is -0.0755. The Hall–Kier alpha value is -1.85. The second-order valence-corrected chi connectivity index (χ2v) is 5.95. The molecule has 1 aromatic carbocycles. The Morgan fingerprint density at radius 3 is 2.86 bits per heavy atom. The third-order valence-corrected chi connectivity index (χ3v) is 4.10. The van der Waals surface area contributed by atoms with E-state index in [0.717, 1.165) is 5.69 Å². The molecule has 5 nitrogen and oxygen atoms in total. The normalized spacial score (nSPS) is 21.9. The highest BCUT2D eigenvalue weighted by Gasteiger charge is 2.29. The Kier molecular flexibility index (Phi) is 4.18. The molecule has 0 bridgehead atoms. The summed E-state index contributed by atoms with van der Waals surface area (Å²) in [5, 5.41) is 4.97. The molecule has 0 aliphatic carbocycles. The van der Waals surface area contributed by atoms with Crippen molar-refractivity contribution in [2.75, 3.05) is 13.2 Å². The zero-order chi connectivity index (χ0) is 15.7. The molecule has 2 aromatic rings. The van der Waals surface area contributed by atoms with Crippen LogP contribution < -0.4 is 0 Å². The first-order valence-electron chi connectivity index (χ1n) is 7.29. The first-order valence-corrected chi connectivity index (χ1v) is 7.67. The Morgan fingerprint density at radius 2 is 2.09 bits per heavy atom. The number of ether oxygens (including phenoxy) is 1. The second-order valence-electron chi connectivity index (χ2n) is 5.55. The van der Waals surface area contributed by atoms with Crippen LogP contribution in [-0.2, 0) is 4.74 Å². The highest BCUT2D eigenvalue weighted by Crippen LogP contribution is 2.20. The van der Waals surface area contributed by atoms with Crippen LogP contribution >= 0.6 is 11.6 Å². The molecule has 0 N–H and O–H groups in total. The van der Waals surface area contributed by atoms with Crippen LogP contribution in [0, 0.1) is 0 Å². The molecule has 1 amide bonds. The van der Waals surface area contributed by atoms with E-state index in [1.807, 2.05) is 36.9 Å². The van der Waals surface area contributed by atoms with Crippen LogP contribution in [0.15, 0.2) is 36.5 Å². The molecule has 1 saturated heterocycles. The Morgan fingerprint density at radius 1 is 1.32 bits per heavy atom. The van der Waals surface area contributed by atoms with E-state index in [2.05, 4.69) is 5.10 Å². The van der Waals surface area contributed by atoms with Crippen molar-refractivity contribution in [2.45, 2.75) is 26.0 Å². The molecule has 1 aliphatic heterocycles. The topological polar surface area (TPSA) is 47.4 Å². The van der Waals surface area contributed by atoms with Gasteiger partial charge in [-0.15, -0.1) is 0 Å². The van der Waals surface area contributed by atoms with Crippen LogP contribution in [0.5, 0.6) is 0 Å². The number of rotatable bonds is 2. The van der Waals surface area contributed by atoms with Crippen molar-refractivity contribution in [3.8, 4) is 5.69 Å². The molecule has 1 aromatic heterocycles. The number of hydrogen-bond donors (Lipinski definition) is 0. The van der Waals surface area contributed by atoms with E-state index >= 15 is 0 Å². The van der Waals surface area contributed by atoms with Gasteiger partial charge in [-0.05, 0) is 32.0 Å². The van der Waals surface area contributed by atoms with Crippen LogP contribution in [0.1, 0.15) is 24.3 Å². The van der Waals surface area contributed by atoms with Gasteiger partial charge in [-0.2, -0.15) is 5.10 Å². The van der Waals surface area contributed by atoms with Gasteiger partial charge in [0.2, 0.25) is 0 Å². The van der Waals surface area contributed by atoms with E-state index in [9.17, 15) is 4.79 Å². The lowest BCUT2D eigenvalue weighted by molar-refractivity contribution is -0.0389. The van der Waals surface area contributed by atoms with Gasteiger partial charge in [-0.25, -0.2) is 4.68 Å². The summed E-state index contributed by atoms with van der Waals surface area (Å²) >= 11 is 6.17. The highest BCUT2D eigenvalue weighted by molar-refractivity contribution is 6.32. The third-order valence-electron chi connectivity index (χ3n) is 3.78. The van der Waals surface area contributed by atoms with Crippen LogP contribution in [0.3, 0.4) is 0 Å². The molecular formula is C16H18ClN3O2. The molecule has 3 rings (SSSR count). The van der Waals surface area contributed by atoms with Crippen LogP contribution in [0.2, 0.25) is 5.02 Å². The van der Waals surface area contributed by atoms with Crippen LogP contribution in [0.4, 0.5) is 0 Å². The zero-order valence-electron chi connectivity index (χ0n) is 12.6. The molecule has 6 heteroatoms. The minimum Gasteiger partial charge on any atom is -0.375 e. The van der Waals surface area contributed by atoms with Crippen molar-refractivity contribution in [3.63, 3.8) is 0 Å². The Bertz CT molecular complexity index is 686. The minimum absolute atomic E-state index is 0.0470. The summed E-state index contributed by atoms with van der Waals surface area (Å²) in [5.41, 5.74) is 1.17. The Balaban J connectivity index is 1.84. The van der Waals surface area contributed by atoms with Crippen molar-refractivity contribution in [1.29, 1.82) is 0 Å². The van der Waals surface area contributed by atoms with Crippen molar-refractivity contribution >= 4 is 17.5 Å². The lowest BCUT2D eigenvalue weighted by Gasteiger charge is -2.36. The zero-order valence-corrected chi connectivity index (χ0v) is 13.3. The van der Waals surface area contributed by atoms with E-state index in [1.165, 1.54) is 0 Å². The van der Waals surface area contributed by atoms with Crippen molar-refractivity contribution in [1.82, 2.24) is 14.7 Å². The number of morpholine rings is 1. The van der Waals surface area contributed by atoms with Gasteiger partial charge in [0.05, 0.1) is 29.5 Å². The summed E-state index contributed by atoms with van der Waals surface area (Å²) < 4.78 is 7.19. The number of carbonyl (C=O) groups is 1. The molecule has 1 aliphatic rings. The smallest absolute Gasteiger partial charge is 0.274 e. The van der Waals surface area contributed by atoms with Crippen LogP contribution in [-0.4, -0.2) is 45.9 Å². The summed E-state index contributed by atoms with van der Waals surface area (Å²) in [6.45, 7) is 5.08. The molecule has 2 atom stereocenters. The molecule has 22 heavy (non-hydrogen) atoms. The van der Waals surface area contributed by atoms with Crippen molar-refractivity contribution in [3.05, 3.63) is 47.2 Å². The summed E-state index contributed by atoms with van der Waals surface area (Å²) in [4.78, 5) is 14.5. The largest absolute Gasteiger partial charge is 0.375 e. The number of amides is 1.